The monoisotopic (exact) mass is 263 g/mol. The van der Waals surface area contributed by atoms with Gasteiger partial charge in [-0.15, -0.1) is 5.10 Å². The number of hydrogen-bond acceptors (Lipinski definition) is 5. The molecule has 2 heterocycles. The molecule has 0 aromatic carbocycles. The highest BCUT2D eigenvalue weighted by atomic mass is 15.5. The zero-order valence-electron chi connectivity index (χ0n) is 12.0. The van der Waals surface area contributed by atoms with Crippen molar-refractivity contribution in [1.29, 1.82) is 0 Å². The molecular formula is C12H21N7. The quantitative estimate of drug-likeness (QED) is 0.856. The maximum Gasteiger partial charge on any atom is 0.170 e. The number of hydrogen-bond donors (Lipinski definition) is 1. The molecule has 0 fully saturated rings. The van der Waals surface area contributed by atoms with Crippen molar-refractivity contribution >= 4 is 5.82 Å². The van der Waals surface area contributed by atoms with E-state index in [1.165, 1.54) is 0 Å². The van der Waals surface area contributed by atoms with Gasteiger partial charge >= 0.3 is 0 Å². The van der Waals surface area contributed by atoms with Crippen molar-refractivity contribution in [2.45, 2.75) is 46.2 Å². The fourth-order valence-corrected chi connectivity index (χ4v) is 1.83. The Balaban J connectivity index is 2.07. The second-order valence-corrected chi connectivity index (χ2v) is 5.01. The molecule has 1 N–H and O–H groups in total. The van der Waals surface area contributed by atoms with Gasteiger partial charge in [-0.25, -0.2) is 4.68 Å². The van der Waals surface area contributed by atoms with Gasteiger partial charge in [0.1, 0.15) is 0 Å². The molecule has 0 radical (unpaired) electrons. The minimum Gasteiger partial charge on any atom is -0.351 e. The van der Waals surface area contributed by atoms with E-state index in [-0.39, 0.29) is 0 Å². The molecule has 0 unspecified atom stereocenters. The van der Waals surface area contributed by atoms with Crippen LogP contribution in [0.3, 0.4) is 0 Å². The van der Waals surface area contributed by atoms with E-state index in [1.54, 1.807) is 0 Å². The largest absolute Gasteiger partial charge is 0.351 e. The van der Waals surface area contributed by atoms with Crippen LogP contribution in [-0.4, -0.2) is 37.5 Å². The highest BCUT2D eigenvalue weighted by Crippen LogP contribution is 2.18. The molecule has 7 heteroatoms. The van der Waals surface area contributed by atoms with Crippen molar-refractivity contribution in [2.24, 2.45) is 0 Å². The molecule has 0 amide bonds. The molecule has 0 spiro atoms. The molecule has 0 atom stereocenters. The number of aryl methyl sites for hydroxylation is 1. The lowest BCUT2D eigenvalue weighted by Gasteiger charge is -2.15. The van der Waals surface area contributed by atoms with Crippen molar-refractivity contribution < 1.29 is 0 Å². The summed E-state index contributed by atoms with van der Waals surface area (Å²) in [5, 5.41) is 19.2. The summed E-state index contributed by atoms with van der Waals surface area (Å²) in [5.74, 6) is 2.22. The first-order valence-corrected chi connectivity index (χ1v) is 6.63. The first-order valence-electron chi connectivity index (χ1n) is 6.63. The Morgan fingerprint density at radius 3 is 2.84 bits per heavy atom. The Kier molecular flexibility index (Phi) is 4.13. The molecule has 2 aromatic heterocycles. The molecule has 0 aliphatic rings. The van der Waals surface area contributed by atoms with Gasteiger partial charge in [-0.1, -0.05) is 20.8 Å². The molecule has 0 bridgehead atoms. The van der Waals surface area contributed by atoms with E-state index in [0.29, 0.717) is 12.5 Å². The second-order valence-electron chi connectivity index (χ2n) is 5.01. The van der Waals surface area contributed by atoms with Crippen LogP contribution >= 0.6 is 0 Å². The van der Waals surface area contributed by atoms with Crippen molar-refractivity contribution in [3.63, 3.8) is 0 Å². The molecular weight excluding hydrogens is 242 g/mol. The number of aromatic amines is 1. The van der Waals surface area contributed by atoms with Crippen LogP contribution in [0.25, 0.3) is 0 Å². The van der Waals surface area contributed by atoms with Crippen molar-refractivity contribution in [3.8, 4) is 0 Å². The Morgan fingerprint density at radius 1 is 1.42 bits per heavy atom. The van der Waals surface area contributed by atoms with Gasteiger partial charge in [0.2, 0.25) is 0 Å². The topological polar surface area (TPSA) is 75.5 Å². The highest BCUT2D eigenvalue weighted by Gasteiger charge is 2.12. The molecule has 0 aliphatic carbocycles. The Morgan fingerprint density at radius 2 is 2.21 bits per heavy atom. The van der Waals surface area contributed by atoms with Crippen LogP contribution < -0.4 is 4.90 Å². The summed E-state index contributed by atoms with van der Waals surface area (Å²) in [6.45, 7) is 7.87. The summed E-state index contributed by atoms with van der Waals surface area (Å²) >= 11 is 0. The van der Waals surface area contributed by atoms with Gasteiger partial charge in [0, 0.05) is 25.4 Å². The summed E-state index contributed by atoms with van der Waals surface area (Å²) in [4.78, 5) is 2.04. The fourth-order valence-electron chi connectivity index (χ4n) is 1.83. The van der Waals surface area contributed by atoms with E-state index >= 15 is 0 Å². The third-order valence-corrected chi connectivity index (χ3v) is 3.02. The molecule has 0 saturated carbocycles. The van der Waals surface area contributed by atoms with Gasteiger partial charge in [-0.2, -0.15) is 5.10 Å². The third-order valence-electron chi connectivity index (χ3n) is 3.02. The number of anilines is 1. The molecule has 2 aromatic rings. The first-order chi connectivity index (χ1) is 9.11. The maximum absolute atomic E-state index is 4.32. The van der Waals surface area contributed by atoms with Crippen molar-refractivity contribution in [3.05, 3.63) is 17.6 Å². The van der Waals surface area contributed by atoms with E-state index in [0.717, 1.165) is 30.3 Å². The molecule has 104 valence electrons. The summed E-state index contributed by atoms with van der Waals surface area (Å²) in [7, 11) is 1.99. The number of nitrogens with one attached hydrogen (secondary N) is 1. The average Bonchev–Trinajstić information content (AvgIpc) is 2.99. The second kappa shape index (κ2) is 5.81. The van der Waals surface area contributed by atoms with E-state index in [9.17, 15) is 0 Å². The molecule has 0 aliphatic heterocycles. The predicted molar refractivity (Wildman–Crippen MR) is 72.9 cm³/mol. The molecule has 0 saturated heterocycles. The number of aromatic nitrogens is 6. The van der Waals surface area contributed by atoms with Crippen LogP contribution in [0.2, 0.25) is 0 Å². The lowest BCUT2D eigenvalue weighted by Crippen LogP contribution is -2.20. The number of rotatable bonds is 6. The van der Waals surface area contributed by atoms with Crippen LogP contribution in [-0.2, 0) is 13.1 Å². The summed E-state index contributed by atoms with van der Waals surface area (Å²) in [5.41, 5.74) is 1.13. The van der Waals surface area contributed by atoms with Gasteiger partial charge in [-0.3, -0.25) is 5.10 Å². The van der Waals surface area contributed by atoms with Gasteiger partial charge < -0.3 is 4.90 Å². The standard InChI is InChI=1S/C12H21N7/c1-5-6-19-12(15-16-17-19)8-18(4)11-7-10(9(2)3)13-14-11/h7,9H,5-6,8H2,1-4H3,(H,13,14). The smallest absolute Gasteiger partial charge is 0.170 e. The number of H-pyrrole nitrogens is 1. The maximum atomic E-state index is 4.32. The van der Waals surface area contributed by atoms with E-state index in [2.05, 4.69) is 52.6 Å². The van der Waals surface area contributed by atoms with Gasteiger partial charge in [0.25, 0.3) is 0 Å². The zero-order valence-corrected chi connectivity index (χ0v) is 12.0. The van der Waals surface area contributed by atoms with Crippen molar-refractivity contribution in [2.75, 3.05) is 11.9 Å². The lowest BCUT2D eigenvalue weighted by molar-refractivity contribution is 0.552. The van der Waals surface area contributed by atoms with Crippen LogP contribution in [0.1, 0.15) is 44.6 Å². The molecule has 19 heavy (non-hydrogen) atoms. The number of tetrazole rings is 1. The minimum atomic E-state index is 0.445. The van der Waals surface area contributed by atoms with Gasteiger partial charge in [0.05, 0.1) is 6.54 Å². The zero-order chi connectivity index (χ0) is 13.8. The predicted octanol–water partition coefficient (Wildman–Crippen LogP) is 1.57. The van der Waals surface area contributed by atoms with Crippen LogP contribution in [0.15, 0.2) is 6.07 Å². The Hall–Kier alpha value is -1.92. The van der Waals surface area contributed by atoms with Crippen LogP contribution in [0.4, 0.5) is 5.82 Å². The Bertz CT molecular complexity index is 514. The van der Waals surface area contributed by atoms with Gasteiger partial charge in [-0.05, 0) is 22.8 Å². The molecule has 7 nitrogen and oxygen atoms in total. The number of nitrogens with zero attached hydrogens (tertiary/aromatic N) is 6. The SMILES string of the molecule is CCCn1nnnc1CN(C)c1cc(C(C)C)[nH]n1. The van der Waals surface area contributed by atoms with Crippen molar-refractivity contribution in [1.82, 2.24) is 30.4 Å². The molecule has 2 rings (SSSR count). The summed E-state index contributed by atoms with van der Waals surface area (Å²) < 4.78 is 1.84. The van der Waals surface area contributed by atoms with Gasteiger partial charge in [0.15, 0.2) is 11.6 Å². The normalized spacial score (nSPS) is 11.2. The lowest BCUT2D eigenvalue weighted by atomic mass is 10.1. The Labute approximate surface area is 113 Å². The highest BCUT2D eigenvalue weighted by molar-refractivity contribution is 5.39. The fraction of sp³-hybridized carbons (Fsp3) is 0.667. The minimum absolute atomic E-state index is 0.445. The summed E-state index contributed by atoms with van der Waals surface area (Å²) in [6.07, 6.45) is 1.02. The van der Waals surface area contributed by atoms with Crippen LogP contribution in [0, 0.1) is 0 Å². The van der Waals surface area contributed by atoms with E-state index in [4.69, 9.17) is 0 Å². The summed E-state index contributed by atoms with van der Waals surface area (Å²) in [6, 6.07) is 2.07. The first kappa shape index (κ1) is 13.5. The van der Waals surface area contributed by atoms with Crippen LogP contribution in [0.5, 0.6) is 0 Å². The van der Waals surface area contributed by atoms with E-state index in [1.807, 2.05) is 16.6 Å². The average molecular weight is 263 g/mol. The van der Waals surface area contributed by atoms with E-state index < -0.39 is 0 Å². The third kappa shape index (κ3) is 3.10.